The molecule has 0 amide bonds. The molecule has 0 spiro atoms. The molecule has 1 unspecified atom stereocenters. The fourth-order valence-corrected chi connectivity index (χ4v) is 3.20. The Morgan fingerprint density at radius 1 is 1.26 bits per heavy atom. The molecule has 5 N–H and O–H groups in total. The lowest BCUT2D eigenvalue weighted by atomic mass is 10.2. The van der Waals surface area contributed by atoms with Gasteiger partial charge in [-0.3, -0.25) is 19.9 Å². The lowest BCUT2D eigenvalue weighted by molar-refractivity contribution is 0.267. The van der Waals surface area contributed by atoms with Crippen molar-refractivity contribution in [1.29, 1.82) is 0 Å². The van der Waals surface area contributed by atoms with Crippen molar-refractivity contribution >= 4 is 23.1 Å². The minimum absolute atomic E-state index is 0.206. The molecule has 10 nitrogen and oxygen atoms in total. The molecule has 1 aromatic heterocycles. The molecule has 2 aromatic rings. The number of nitrogens with two attached hydrogens (primary N) is 2. The maximum Gasteiger partial charge on any atom is 0.296 e. The normalized spacial score (nSPS) is 20.4. The molecule has 0 radical (unpaired) electrons. The second-order valence-electron chi connectivity index (χ2n) is 6.44. The number of nitrogens with one attached hydrogen (secondary N) is 1. The quantitative estimate of drug-likeness (QED) is 0.653. The highest BCUT2D eigenvalue weighted by molar-refractivity contribution is 6.44. The summed E-state index contributed by atoms with van der Waals surface area (Å²) in [5.74, 6) is 0.805. The Balaban J connectivity index is 1.70. The molecular formula is C17H21N9O. The van der Waals surface area contributed by atoms with Gasteiger partial charge in [0.1, 0.15) is 5.69 Å². The Hall–Kier alpha value is -3.56. The number of hydrogen-bond donors (Lipinski definition) is 3. The Labute approximate surface area is 155 Å². The van der Waals surface area contributed by atoms with E-state index in [1.165, 1.54) is 0 Å². The third kappa shape index (κ3) is 2.75. The predicted molar refractivity (Wildman–Crippen MR) is 105 cm³/mol. The number of hydrogen-bond acceptors (Lipinski definition) is 8. The molecule has 27 heavy (non-hydrogen) atoms. The summed E-state index contributed by atoms with van der Waals surface area (Å²) in [7, 11) is 1.82. The number of hydrazone groups is 2. The molecule has 4 rings (SSSR count). The number of fused-ring (bicyclic) bond motifs is 1. The zero-order chi connectivity index (χ0) is 19.1. The summed E-state index contributed by atoms with van der Waals surface area (Å²) in [4.78, 5) is 17.3. The lowest BCUT2D eigenvalue weighted by Crippen LogP contribution is -2.41. The van der Waals surface area contributed by atoms with Crippen LogP contribution in [0.4, 0.5) is 5.69 Å². The largest absolute Gasteiger partial charge is 0.387 e. The number of benzene rings is 1. The van der Waals surface area contributed by atoms with E-state index in [0.717, 1.165) is 11.4 Å². The summed E-state index contributed by atoms with van der Waals surface area (Å²) in [6.07, 6.45) is 0.180. The Kier molecular flexibility index (Phi) is 3.94. The second-order valence-corrected chi connectivity index (χ2v) is 6.44. The Morgan fingerprint density at radius 2 is 2.00 bits per heavy atom. The summed E-state index contributed by atoms with van der Waals surface area (Å²) >= 11 is 0. The van der Waals surface area contributed by atoms with E-state index < -0.39 is 6.17 Å². The van der Waals surface area contributed by atoms with E-state index in [2.05, 4.69) is 20.6 Å². The van der Waals surface area contributed by atoms with E-state index in [1.807, 2.05) is 44.3 Å². The molecule has 140 valence electrons. The van der Waals surface area contributed by atoms with Gasteiger partial charge in [-0.15, -0.1) is 0 Å². The van der Waals surface area contributed by atoms with Crippen LogP contribution in [0.3, 0.4) is 0 Å². The van der Waals surface area contributed by atoms with Crippen LogP contribution >= 0.6 is 0 Å². The average Bonchev–Trinajstić information content (AvgIpc) is 3.07. The number of aliphatic imine (C=N–C) groups is 1. The van der Waals surface area contributed by atoms with Crippen LogP contribution in [0.15, 0.2) is 50.3 Å². The molecule has 0 saturated heterocycles. The van der Waals surface area contributed by atoms with E-state index in [9.17, 15) is 4.79 Å². The number of rotatable bonds is 3. The van der Waals surface area contributed by atoms with Crippen molar-refractivity contribution in [1.82, 2.24) is 14.4 Å². The zero-order valence-corrected chi connectivity index (χ0v) is 15.1. The lowest BCUT2D eigenvalue weighted by Gasteiger charge is -2.24. The zero-order valence-electron chi connectivity index (χ0n) is 15.1. The van der Waals surface area contributed by atoms with Crippen LogP contribution in [-0.2, 0) is 7.05 Å². The first-order valence-corrected chi connectivity index (χ1v) is 8.58. The second kappa shape index (κ2) is 6.31. The maximum atomic E-state index is 12.9. The van der Waals surface area contributed by atoms with Crippen molar-refractivity contribution < 1.29 is 0 Å². The molecule has 0 aliphatic carbocycles. The van der Waals surface area contributed by atoms with E-state index in [0.29, 0.717) is 30.2 Å². The molecule has 1 atom stereocenters. The fourth-order valence-electron chi connectivity index (χ4n) is 3.20. The molecule has 3 heterocycles. The van der Waals surface area contributed by atoms with Gasteiger partial charge in [0.25, 0.3) is 5.56 Å². The van der Waals surface area contributed by atoms with E-state index >= 15 is 0 Å². The molecule has 10 heteroatoms. The number of anilines is 1. The average molecular weight is 367 g/mol. The van der Waals surface area contributed by atoms with Gasteiger partial charge in [0.15, 0.2) is 17.7 Å². The Bertz CT molecular complexity index is 1030. The van der Waals surface area contributed by atoms with Crippen molar-refractivity contribution in [2.75, 3.05) is 12.0 Å². The van der Waals surface area contributed by atoms with Crippen LogP contribution in [-0.4, -0.2) is 44.5 Å². The Morgan fingerprint density at radius 3 is 2.74 bits per heavy atom. The highest BCUT2D eigenvalue weighted by Gasteiger charge is 2.35. The maximum absolute atomic E-state index is 12.9. The third-order valence-corrected chi connectivity index (χ3v) is 4.75. The number of aromatic nitrogens is 2. The SMILES string of the molecule is Cc1c(N/N=C2\C(N)=NN3CCC(N)=NC23)c(=O)n(-c2ccccc2)n1C. The van der Waals surface area contributed by atoms with Gasteiger partial charge in [0.05, 0.1) is 17.2 Å². The van der Waals surface area contributed by atoms with Gasteiger partial charge in [0, 0.05) is 20.0 Å². The van der Waals surface area contributed by atoms with Gasteiger partial charge in [-0.1, -0.05) is 18.2 Å². The first-order chi connectivity index (χ1) is 13.0. The molecule has 1 aromatic carbocycles. The fraction of sp³-hybridized carbons (Fsp3) is 0.294. The summed E-state index contributed by atoms with van der Waals surface area (Å²) in [6, 6.07) is 9.41. The van der Waals surface area contributed by atoms with Crippen LogP contribution in [0, 0.1) is 6.92 Å². The third-order valence-electron chi connectivity index (χ3n) is 4.75. The van der Waals surface area contributed by atoms with Crippen molar-refractivity contribution in [2.45, 2.75) is 19.5 Å². The number of para-hydroxylation sites is 1. The monoisotopic (exact) mass is 367 g/mol. The molecule has 0 saturated carbocycles. The van der Waals surface area contributed by atoms with E-state index in [4.69, 9.17) is 11.5 Å². The highest BCUT2D eigenvalue weighted by atomic mass is 16.1. The van der Waals surface area contributed by atoms with Crippen molar-refractivity contribution in [3.05, 3.63) is 46.4 Å². The van der Waals surface area contributed by atoms with Crippen LogP contribution in [0.1, 0.15) is 12.1 Å². The van der Waals surface area contributed by atoms with Gasteiger partial charge < -0.3 is 11.5 Å². The first kappa shape index (κ1) is 16.9. The van der Waals surface area contributed by atoms with Crippen molar-refractivity contribution in [3.63, 3.8) is 0 Å². The molecular weight excluding hydrogens is 346 g/mol. The number of nitrogens with zero attached hydrogens (tertiary/aromatic N) is 6. The number of amidine groups is 2. The minimum atomic E-state index is -0.452. The van der Waals surface area contributed by atoms with Crippen LogP contribution in [0.25, 0.3) is 5.69 Å². The van der Waals surface area contributed by atoms with Crippen molar-refractivity contribution in [2.24, 2.45) is 33.7 Å². The van der Waals surface area contributed by atoms with Gasteiger partial charge in [-0.05, 0) is 19.1 Å². The summed E-state index contributed by atoms with van der Waals surface area (Å²) in [6.45, 7) is 2.48. The first-order valence-electron chi connectivity index (χ1n) is 8.58. The van der Waals surface area contributed by atoms with Crippen LogP contribution in [0.5, 0.6) is 0 Å². The molecule has 0 bridgehead atoms. The standard InChI is InChI=1S/C17H21N9O/c1-10-13(17(27)26(24(10)2)11-6-4-3-5-7-11)21-22-14-15(19)23-25-9-8-12(18)20-16(14)25/h3-7,16,21H,8-9H2,1-2H3,(H2,18,20)(H2,19,23)/b22-14+. The molecule has 2 aliphatic heterocycles. The van der Waals surface area contributed by atoms with E-state index in [1.54, 1.807) is 14.4 Å². The van der Waals surface area contributed by atoms with Gasteiger partial charge in [0.2, 0.25) is 0 Å². The van der Waals surface area contributed by atoms with E-state index in [-0.39, 0.29) is 11.4 Å². The van der Waals surface area contributed by atoms with Crippen LogP contribution in [0.2, 0.25) is 0 Å². The van der Waals surface area contributed by atoms with Gasteiger partial charge in [-0.2, -0.15) is 10.2 Å². The highest BCUT2D eigenvalue weighted by Crippen LogP contribution is 2.19. The smallest absolute Gasteiger partial charge is 0.296 e. The summed E-state index contributed by atoms with van der Waals surface area (Å²) in [5, 5.41) is 10.3. The summed E-state index contributed by atoms with van der Waals surface area (Å²) < 4.78 is 3.35. The van der Waals surface area contributed by atoms with Crippen molar-refractivity contribution in [3.8, 4) is 5.69 Å². The molecule has 2 aliphatic rings. The topological polar surface area (TPSA) is 131 Å². The summed E-state index contributed by atoms with van der Waals surface area (Å²) in [5.41, 5.74) is 16.8. The van der Waals surface area contributed by atoms with Crippen LogP contribution < -0.4 is 22.5 Å². The van der Waals surface area contributed by atoms with Gasteiger partial charge in [-0.25, -0.2) is 9.67 Å². The molecule has 0 fully saturated rings. The minimum Gasteiger partial charge on any atom is -0.387 e. The van der Waals surface area contributed by atoms with Gasteiger partial charge >= 0.3 is 0 Å². The predicted octanol–water partition coefficient (Wildman–Crippen LogP) is -0.0729.